The van der Waals surface area contributed by atoms with Crippen molar-refractivity contribution in [1.82, 2.24) is 4.90 Å². The molecule has 0 radical (unpaired) electrons. The summed E-state index contributed by atoms with van der Waals surface area (Å²) in [6, 6.07) is 8.65. The van der Waals surface area contributed by atoms with Crippen LogP contribution >= 0.6 is 0 Å². The SMILES string of the molecule is CN(C)C(CCC#N)c1ccc2c(c1)CCC(=O)N2. The summed E-state index contributed by atoms with van der Waals surface area (Å²) < 4.78 is 0. The van der Waals surface area contributed by atoms with E-state index in [9.17, 15) is 4.79 Å². The Bertz CT molecular complexity index is 517. The van der Waals surface area contributed by atoms with Crippen molar-refractivity contribution < 1.29 is 4.79 Å². The van der Waals surface area contributed by atoms with Gasteiger partial charge in [0.05, 0.1) is 6.07 Å². The lowest BCUT2D eigenvalue weighted by Crippen LogP contribution is -2.22. The maximum Gasteiger partial charge on any atom is 0.224 e. The minimum absolute atomic E-state index is 0.0916. The summed E-state index contributed by atoms with van der Waals surface area (Å²) in [6.07, 6.45) is 2.74. The molecule has 1 aliphatic rings. The van der Waals surface area contributed by atoms with E-state index < -0.39 is 0 Å². The van der Waals surface area contributed by atoms with Gasteiger partial charge in [0.1, 0.15) is 0 Å². The van der Waals surface area contributed by atoms with Crippen molar-refractivity contribution in [2.75, 3.05) is 19.4 Å². The van der Waals surface area contributed by atoms with Crippen LogP contribution < -0.4 is 5.32 Å². The second-order valence-corrected chi connectivity index (χ2v) is 5.14. The summed E-state index contributed by atoms with van der Waals surface area (Å²) in [4.78, 5) is 13.5. The Morgan fingerprint density at radius 1 is 1.42 bits per heavy atom. The number of anilines is 1. The lowest BCUT2D eigenvalue weighted by molar-refractivity contribution is -0.116. The van der Waals surface area contributed by atoms with Crippen molar-refractivity contribution in [3.63, 3.8) is 0 Å². The van der Waals surface area contributed by atoms with Crippen LogP contribution in [-0.2, 0) is 11.2 Å². The number of rotatable bonds is 4. The van der Waals surface area contributed by atoms with Crippen molar-refractivity contribution in [2.45, 2.75) is 31.7 Å². The number of hydrogen-bond donors (Lipinski definition) is 1. The molecule has 0 aromatic heterocycles. The molecule has 100 valence electrons. The predicted octanol–water partition coefficient (Wildman–Crippen LogP) is 2.48. The molecule has 1 aromatic rings. The lowest BCUT2D eigenvalue weighted by Gasteiger charge is -2.26. The Morgan fingerprint density at radius 3 is 2.89 bits per heavy atom. The maximum atomic E-state index is 11.3. The number of benzene rings is 1. The Labute approximate surface area is 114 Å². The molecule has 19 heavy (non-hydrogen) atoms. The molecule has 1 heterocycles. The van der Waals surface area contributed by atoms with Crippen LogP contribution in [0.15, 0.2) is 18.2 Å². The van der Waals surface area contributed by atoms with Crippen LogP contribution in [-0.4, -0.2) is 24.9 Å². The maximum absolute atomic E-state index is 11.3. The molecule has 0 spiro atoms. The van der Waals surface area contributed by atoms with Crippen molar-refractivity contribution in [3.05, 3.63) is 29.3 Å². The van der Waals surface area contributed by atoms with Gasteiger partial charge in [0.15, 0.2) is 0 Å². The minimum Gasteiger partial charge on any atom is -0.326 e. The third-order valence-electron chi connectivity index (χ3n) is 3.56. The molecule has 0 saturated carbocycles. The molecule has 1 aromatic carbocycles. The monoisotopic (exact) mass is 257 g/mol. The van der Waals surface area contributed by atoms with Gasteiger partial charge >= 0.3 is 0 Å². The van der Waals surface area contributed by atoms with Crippen LogP contribution in [0.25, 0.3) is 0 Å². The van der Waals surface area contributed by atoms with Crippen molar-refractivity contribution >= 4 is 11.6 Å². The van der Waals surface area contributed by atoms with Gasteiger partial charge in [-0.15, -0.1) is 0 Å². The average molecular weight is 257 g/mol. The number of nitrogens with zero attached hydrogens (tertiary/aromatic N) is 2. The molecule has 1 amide bonds. The van der Waals surface area contributed by atoms with Gasteiger partial charge in [-0.2, -0.15) is 5.26 Å². The molecular weight excluding hydrogens is 238 g/mol. The van der Waals surface area contributed by atoms with Crippen molar-refractivity contribution in [1.29, 1.82) is 5.26 Å². The van der Waals surface area contributed by atoms with Gasteiger partial charge in [-0.1, -0.05) is 12.1 Å². The van der Waals surface area contributed by atoms with E-state index in [0.29, 0.717) is 12.8 Å². The van der Waals surface area contributed by atoms with E-state index in [1.807, 2.05) is 26.2 Å². The van der Waals surface area contributed by atoms with Crippen LogP contribution in [0.3, 0.4) is 0 Å². The fourth-order valence-corrected chi connectivity index (χ4v) is 2.53. The van der Waals surface area contributed by atoms with E-state index in [4.69, 9.17) is 5.26 Å². The predicted molar refractivity (Wildman–Crippen MR) is 74.7 cm³/mol. The van der Waals surface area contributed by atoms with E-state index >= 15 is 0 Å². The highest BCUT2D eigenvalue weighted by atomic mass is 16.1. The number of amides is 1. The molecular formula is C15H19N3O. The van der Waals surface area contributed by atoms with Gasteiger partial charge in [-0.3, -0.25) is 4.79 Å². The zero-order valence-electron chi connectivity index (χ0n) is 11.4. The largest absolute Gasteiger partial charge is 0.326 e. The molecule has 4 heteroatoms. The zero-order valence-corrected chi connectivity index (χ0v) is 11.4. The Morgan fingerprint density at radius 2 is 2.21 bits per heavy atom. The summed E-state index contributed by atoms with van der Waals surface area (Å²) >= 11 is 0. The van der Waals surface area contributed by atoms with Crippen molar-refractivity contribution in [3.8, 4) is 6.07 Å². The molecule has 1 unspecified atom stereocenters. The first-order valence-electron chi connectivity index (χ1n) is 6.58. The van der Waals surface area contributed by atoms with Crippen LogP contribution in [0.2, 0.25) is 0 Å². The average Bonchev–Trinajstić information content (AvgIpc) is 2.39. The normalized spacial score (nSPS) is 15.6. The molecule has 0 bridgehead atoms. The smallest absolute Gasteiger partial charge is 0.224 e. The molecule has 0 aliphatic carbocycles. The van der Waals surface area contributed by atoms with Gasteiger partial charge in [0.25, 0.3) is 0 Å². The Kier molecular flexibility index (Phi) is 4.18. The minimum atomic E-state index is 0.0916. The fourth-order valence-electron chi connectivity index (χ4n) is 2.53. The van der Waals surface area contributed by atoms with Gasteiger partial charge in [0, 0.05) is 24.6 Å². The molecule has 0 fully saturated rings. The van der Waals surface area contributed by atoms with E-state index in [1.54, 1.807) is 0 Å². The number of carbonyl (C=O) groups excluding carboxylic acids is 1. The number of hydrogen-bond acceptors (Lipinski definition) is 3. The van der Waals surface area contributed by atoms with E-state index in [1.165, 1.54) is 11.1 Å². The highest BCUT2D eigenvalue weighted by Gasteiger charge is 2.19. The van der Waals surface area contributed by atoms with Gasteiger partial charge < -0.3 is 10.2 Å². The summed E-state index contributed by atoms with van der Waals surface area (Å²) in [7, 11) is 4.06. The van der Waals surface area contributed by atoms with Gasteiger partial charge in [-0.05, 0) is 44.1 Å². The van der Waals surface area contributed by atoms with Crippen LogP contribution in [0.5, 0.6) is 0 Å². The first-order chi connectivity index (χ1) is 9.11. The van der Waals surface area contributed by atoms with E-state index in [2.05, 4.69) is 22.4 Å². The lowest BCUT2D eigenvalue weighted by atomic mass is 9.95. The molecule has 1 atom stereocenters. The van der Waals surface area contributed by atoms with Gasteiger partial charge in [-0.25, -0.2) is 0 Å². The molecule has 2 rings (SSSR count). The van der Waals surface area contributed by atoms with Crippen LogP contribution in [0.4, 0.5) is 5.69 Å². The topological polar surface area (TPSA) is 56.1 Å². The van der Waals surface area contributed by atoms with E-state index in [0.717, 1.165) is 18.5 Å². The van der Waals surface area contributed by atoms with Crippen molar-refractivity contribution in [2.24, 2.45) is 0 Å². The quantitative estimate of drug-likeness (QED) is 0.901. The number of nitriles is 1. The number of aryl methyl sites for hydroxylation is 1. The number of nitrogens with one attached hydrogen (secondary N) is 1. The molecule has 4 nitrogen and oxygen atoms in total. The zero-order chi connectivity index (χ0) is 13.8. The third kappa shape index (κ3) is 3.12. The van der Waals surface area contributed by atoms with Crippen LogP contribution in [0.1, 0.15) is 36.4 Å². The first kappa shape index (κ1) is 13.6. The Hall–Kier alpha value is -1.86. The third-order valence-corrected chi connectivity index (χ3v) is 3.56. The second kappa shape index (κ2) is 5.85. The summed E-state index contributed by atoms with van der Waals surface area (Å²) in [5, 5.41) is 11.6. The summed E-state index contributed by atoms with van der Waals surface area (Å²) in [6.45, 7) is 0. The summed E-state index contributed by atoms with van der Waals surface area (Å²) in [5.41, 5.74) is 3.34. The molecule has 1 N–H and O–H groups in total. The van der Waals surface area contributed by atoms with Gasteiger partial charge in [0.2, 0.25) is 5.91 Å². The highest BCUT2D eigenvalue weighted by Crippen LogP contribution is 2.29. The van der Waals surface area contributed by atoms with E-state index in [-0.39, 0.29) is 11.9 Å². The summed E-state index contributed by atoms with van der Waals surface area (Å²) in [5.74, 6) is 0.0916. The highest BCUT2D eigenvalue weighted by molar-refractivity contribution is 5.93. The molecule has 1 aliphatic heterocycles. The number of fused-ring (bicyclic) bond motifs is 1. The van der Waals surface area contributed by atoms with Crippen LogP contribution in [0, 0.1) is 11.3 Å². The second-order valence-electron chi connectivity index (χ2n) is 5.14. The first-order valence-corrected chi connectivity index (χ1v) is 6.58. The Balaban J connectivity index is 2.24. The molecule has 0 saturated heterocycles. The fraction of sp³-hybridized carbons (Fsp3) is 0.467. The number of carbonyl (C=O) groups is 1. The standard InChI is InChI=1S/C15H19N3O/c1-18(2)14(4-3-9-16)12-5-7-13-11(10-12)6-8-15(19)17-13/h5,7,10,14H,3-4,6,8H2,1-2H3,(H,17,19).